The third-order valence-electron chi connectivity index (χ3n) is 3.43. The van der Waals surface area contributed by atoms with E-state index >= 15 is 0 Å². The van der Waals surface area contributed by atoms with E-state index in [1.807, 2.05) is 6.07 Å². The van der Waals surface area contributed by atoms with E-state index in [1.165, 1.54) is 44.9 Å². The van der Waals surface area contributed by atoms with Crippen molar-refractivity contribution in [2.45, 2.75) is 63.2 Å². The number of halogens is 1. The lowest BCUT2D eigenvalue weighted by molar-refractivity contribution is 0.0693. The molecule has 4 heteroatoms. The molecule has 0 aromatic heterocycles. The summed E-state index contributed by atoms with van der Waals surface area (Å²) in [5.74, 6) is 0.145. The summed E-state index contributed by atoms with van der Waals surface area (Å²) >= 11 is 5.05. The third-order valence-corrected chi connectivity index (χ3v) is 5.06. The SMILES string of the molecule is CCCCCCCCCCSc1cc(Br)ccc1C(=O)O. The van der Waals surface area contributed by atoms with Gasteiger partial charge in [0.15, 0.2) is 0 Å². The standard InChI is InChI=1S/C17H25BrO2S/c1-2-3-4-5-6-7-8-9-12-21-16-13-14(18)10-11-15(16)17(19)20/h10-11,13H,2-9,12H2,1H3,(H,19,20). The van der Waals surface area contributed by atoms with Gasteiger partial charge in [-0.25, -0.2) is 4.79 Å². The van der Waals surface area contributed by atoms with Crippen LogP contribution < -0.4 is 0 Å². The summed E-state index contributed by atoms with van der Waals surface area (Å²) in [7, 11) is 0. The summed E-state index contributed by atoms with van der Waals surface area (Å²) in [6.45, 7) is 2.24. The number of hydrogen-bond acceptors (Lipinski definition) is 2. The van der Waals surface area contributed by atoms with Crippen LogP contribution in [0.3, 0.4) is 0 Å². The molecular weight excluding hydrogens is 348 g/mol. The second-order valence-electron chi connectivity index (χ2n) is 5.27. The number of carboxylic acids is 1. The van der Waals surface area contributed by atoms with Gasteiger partial charge in [-0.15, -0.1) is 11.8 Å². The Balaban J connectivity index is 2.21. The van der Waals surface area contributed by atoms with Gasteiger partial charge < -0.3 is 5.11 Å². The van der Waals surface area contributed by atoms with Crippen molar-refractivity contribution in [3.05, 3.63) is 28.2 Å². The number of carbonyl (C=O) groups is 1. The molecule has 0 amide bonds. The second kappa shape index (κ2) is 11.1. The molecule has 118 valence electrons. The van der Waals surface area contributed by atoms with Gasteiger partial charge in [0, 0.05) is 9.37 Å². The zero-order valence-electron chi connectivity index (χ0n) is 12.7. The van der Waals surface area contributed by atoms with Crippen molar-refractivity contribution in [3.8, 4) is 0 Å². The highest BCUT2D eigenvalue weighted by Crippen LogP contribution is 2.27. The first-order valence-electron chi connectivity index (χ1n) is 7.80. The lowest BCUT2D eigenvalue weighted by atomic mass is 10.1. The van der Waals surface area contributed by atoms with Crippen LogP contribution in [0, 0.1) is 0 Å². The van der Waals surface area contributed by atoms with Gasteiger partial charge in [0.2, 0.25) is 0 Å². The lowest BCUT2D eigenvalue weighted by Crippen LogP contribution is -1.99. The molecule has 0 unspecified atom stereocenters. The van der Waals surface area contributed by atoms with E-state index in [2.05, 4.69) is 22.9 Å². The summed E-state index contributed by atoms with van der Waals surface area (Å²) in [6, 6.07) is 5.35. The molecule has 0 saturated carbocycles. The maximum atomic E-state index is 11.2. The topological polar surface area (TPSA) is 37.3 Å². The molecule has 0 aliphatic rings. The van der Waals surface area contributed by atoms with Gasteiger partial charge in [-0.3, -0.25) is 0 Å². The second-order valence-corrected chi connectivity index (χ2v) is 7.32. The quantitative estimate of drug-likeness (QED) is 0.361. The average molecular weight is 373 g/mol. The predicted octanol–water partition coefficient (Wildman–Crippen LogP) is 6.38. The van der Waals surface area contributed by atoms with Crippen molar-refractivity contribution in [2.75, 3.05) is 5.75 Å². The molecule has 0 bridgehead atoms. The molecule has 1 rings (SSSR count). The van der Waals surface area contributed by atoms with Gasteiger partial charge in [-0.05, 0) is 30.4 Å². The molecule has 2 nitrogen and oxygen atoms in total. The van der Waals surface area contributed by atoms with Gasteiger partial charge in [-0.2, -0.15) is 0 Å². The van der Waals surface area contributed by atoms with E-state index in [0.29, 0.717) is 5.56 Å². The van der Waals surface area contributed by atoms with Crippen LogP contribution in [0.1, 0.15) is 68.6 Å². The van der Waals surface area contributed by atoms with Gasteiger partial charge in [-0.1, -0.05) is 67.8 Å². The summed E-state index contributed by atoms with van der Waals surface area (Å²) < 4.78 is 0.936. The van der Waals surface area contributed by atoms with Gasteiger partial charge in [0.05, 0.1) is 5.56 Å². The molecule has 0 saturated heterocycles. The van der Waals surface area contributed by atoms with Crippen LogP contribution in [-0.4, -0.2) is 16.8 Å². The number of unbranched alkanes of at least 4 members (excludes halogenated alkanes) is 7. The van der Waals surface area contributed by atoms with Gasteiger partial charge in [0.25, 0.3) is 0 Å². The maximum Gasteiger partial charge on any atom is 0.336 e. The van der Waals surface area contributed by atoms with Crippen LogP contribution in [-0.2, 0) is 0 Å². The molecule has 0 spiro atoms. The third kappa shape index (κ3) is 7.91. The fraction of sp³-hybridized carbons (Fsp3) is 0.588. The predicted molar refractivity (Wildman–Crippen MR) is 94.4 cm³/mol. The molecule has 0 atom stereocenters. The Morgan fingerprint density at radius 3 is 2.33 bits per heavy atom. The van der Waals surface area contributed by atoms with Crippen molar-refractivity contribution in [1.29, 1.82) is 0 Å². The minimum Gasteiger partial charge on any atom is -0.478 e. The first-order valence-corrected chi connectivity index (χ1v) is 9.58. The highest BCUT2D eigenvalue weighted by Gasteiger charge is 2.10. The normalized spacial score (nSPS) is 10.8. The van der Waals surface area contributed by atoms with Crippen LogP contribution in [0.5, 0.6) is 0 Å². The Hall–Kier alpha value is -0.480. The zero-order valence-corrected chi connectivity index (χ0v) is 15.1. The first kappa shape index (κ1) is 18.6. The molecular formula is C17H25BrO2S. The fourth-order valence-corrected chi connectivity index (χ4v) is 3.81. The maximum absolute atomic E-state index is 11.2. The largest absolute Gasteiger partial charge is 0.478 e. The summed E-state index contributed by atoms with van der Waals surface area (Å²) in [6.07, 6.45) is 10.4. The molecule has 0 aliphatic carbocycles. The van der Waals surface area contributed by atoms with E-state index in [9.17, 15) is 9.90 Å². The van der Waals surface area contributed by atoms with E-state index < -0.39 is 5.97 Å². The highest BCUT2D eigenvalue weighted by molar-refractivity contribution is 9.10. The summed E-state index contributed by atoms with van der Waals surface area (Å²) in [5.41, 5.74) is 0.405. The van der Waals surface area contributed by atoms with E-state index in [1.54, 1.807) is 23.9 Å². The number of benzene rings is 1. The van der Waals surface area contributed by atoms with E-state index in [4.69, 9.17) is 0 Å². The molecule has 21 heavy (non-hydrogen) atoms. The van der Waals surface area contributed by atoms with Crippen molar-refractivity contribution >= 4 is 33.7 Å². The Labute approximate surface area is 140 Å². The Kier molecular flexibility index (Phi) is 9.85. The number of rotatable bonds is 11. The molecule has 0 heterocycles. The van der Waals surface area contributed by atoms with Crippen LogP contribution in [0.15, 0.2) is 27.6 Å². The Morgan fingerprint density at radius 1 is 1.10 bits per heavy atom. The monoisotopic (exact) mass is 372 g/mol. The average Bonchev–Trinajstić information content (AvgIpc) is 2.45. The van der Waals surface area contributed by atoms with Crippen LogP contribution in [0.4, 0.5) is 0 Å². The molecule has 0 aliphatic heterocycles. The molecule has 1 N–H and O–H groups in total. The van der Waals surface area contributed by atoms with Crippen molar-refractivity contribution in [3.63, 3.8) is 0 Å². The minimum absolute atomic E-state index is 0.405. The molecule has 0 radical (unpaired) electrons. The minimum atomic E-state index is -0.846. The van der Waals surface area contributed by atoms with E-state index in [0.717, 1.165) is 21.5 Å². The van der Waals surface area contributed by atoms with Crippen molar-refractivity contribution in [2.24, 2.45) is 0 Å². The summed E-state index contributed by atoms with van der Waals surface area (Å²) in [4.78, 5) is 12.0. The number of aromatic carboxylic acids is 1. The smallest absolute Gasteiger partial charge is 0.336 e. The van der Waals surface area contributed by atoms with E-state index in [-0.39, 0.29) is 0 Å². The zero-order chi connectivity index (χ0) is 15.5. The van der Waals surface area contributed by atoms with Gasteiger partial charge in [0.1, 0.15) is 0 Å². The van der Waals surface area contributed by atoms with Crippen molar-refractivity contribution < 1.29 is 9.90 Å². The number of hydrogen-bond donors (Lipinski definition) is 1. The lowest BCUT2D eigenvalue weighted by Gasteiger charge is -2.06. The van der Waals surface area contributed by atoms with Crippen LogP contribution >= 0.6 is 27.7 Å². The first-order chi connectivity index (χ1) is 10.1. The van der Waals surface area contributed by atoms with Crippen LogP contribution in [0.2, 0.25) is 0 Å². The molecule has 1 aromatic carbocycles. The molecule has 0 fully saturated rings. The van der Waals surface area contributed by atoms with Crippen molar-refractivity contribution in [1.82, 2.24) is 0 Å². The summed E-state index contributed by atoms with van der Waals surface area (Å²) in [5, 5.41) is 9.17. The Morgan fingerprint density at radius 2 is 1.71 bits per heavy atom. The van der Waals surface area contributed by atoms with Gasteiger partial charge >= 0.3 is 5.97 Å². The highest BCUT2D eigenvalue weighted by atomic mass is 79.9. The number of thioether (sulfide) groups is 1. The Bertz CT molecular complexity index is 435. The number of carboxylic acid groups (broad SMARTS) is 1. The van der Waals surface area contributed by atoms with Crippen LogP contribution in [0.25, 0.3) is 0 Å². The fourth-order valence-electron chi connectivity index (χ4n) is 2.21. The molecule has 1 aromatic rings.